The molecule has 1 aromatic carbocycles. The molecule has 0 aliphatic rings. The van der Waals surface area contributed by atoms with Crippen LogP contribution in [0.2, 0.25) is 0 Å². The van der Waals surface area contributed by atoms with Crippen molar-refractivity contribution >= 4 is 11.9 Å². The number of hydrogen-bond donors (Lipinski definition) is 2. The molecular formula is C15H21NO5. The summed E-state index contributed by atoms with van der Waals surface area (Å²) in [6.45, 7) is 3.66. The summed E-state index contributed by atoms with van der Waals surface area (Å²) in [5.74, 6) is -0.558. The van der Waals surface area contributed by atoms with Gasteiger partial charge in [-0.3, -0.25) is 9.59 Å². The lowest BCUT2D eigenvalue weighted by Gasteiger charge is -2.19. The van der Waals surface area contributed by atoms with Crippen molar-refractivity contribution in [3.8, 4) is 5.75 Å². The number of hydrogen-bond acceptors (Lipinski definition) is 4. The van der Waals surface area contributed by atoms with Crippen molar-refractivity contribution in [2.75, 3.05) is 26.4 Å². The van der Waals surface area contributed by atoms with Crippen LogP contribution >= 0.6 is 0 Å². The lowest BCUT2D eigenvalue weighted by atomic mass is 9.94. The number of aliphatic carboxylic acids is 1. The highest BCUT2D eigenvalue weighted by Crippen LogP contribution is 2.12. The summed E-state index contributed by atoms with van der Waals surface area (Å²) in [5, 5.41) is 11.4. The van der Waals surface area contributed by atoms with Crippen LogP contribution in [0.5, 0.6) is 5.75 Å². The van der Waals surface area contributed by atoms with E-state index < -0.39 is 11.4 Å². The highest BCUT2D eigenvalue weighted by atomic mass is 16.5. The second-order valence-electron chi connectivity index (χ2n) is 5.18. The molecule has 0 spiro atoms. The van der Waals surface area contributed by atoms with Crippen LogP contribution in [0.25, 0.3) is 0 Å². The van der Waals surface area contributed by atoms with Crippen LogP contribution in [0.15, 0.2) is 30.3 Å². The summed E-state index contributed by atoms with van der Waals surface area (Å²) in [7, 11) is 0. The van der Waals surface area contributed by atoms with Crippen LogP contribution < -0.4 is 10.1 Å². The molecule has 0 unspecified atom stereocenters. The number of benzene rings is 1. The molecule has 1 amide bonds. The fourth-order valence-corrected chi connectivity index (χ4v) is 1.35. The van der Waals surface area contributed by atoms with Crippen molar-refractivity contribution in [1.82, 2.24) is 5.32 Å². The Balaban J connectivity index is 2.10. The van der Waals surface area contributed by atoms with Gasteiger partial charge in [-0.25, -0.2) is 0 Å². The molecule has 1 rings (SSSR count). The SMILES string of the molecule is CC(C)(CNC(=O)COCCOc1ccccc1)C(=O)O. The molecule has 0 fully saturated rings. The maximum absolute atomic E-state index is 11.5. The Morgan fingerprint density at radius 1 is 1.19 bits per heavy atom. The first-order chi connectivity index (χ1) is 9.92. The van der Waals surface area contributed by atoms with E-state index in [1.807, 2.05) is 30.3 Å². The summed E-state index contributed by atoms with van der Waals surface area (Å²) in [5.41, 5.74) is -0.994. The van der Waals surface area contributed by atoms with Gasteiger partial charge in [-0.2, -0.15) is 0 Å². The van der Waals surface area contributed by atoms with E-state index in [-0.39, 0.29) is 25.7 Å². The lowest BCUT2D eigenvalue weighted by Crippen LogP contribution is -2.40. The third-order valence-corrected chi connectivity index (χ3v) is 2.78. The van der Waals surface area contributed by atoms with Gasteiger partial charge in [-0.15, -0.1) is 0 Å². The molecule has 6 nitrogen and oxygen atoms in total. The Kier molecular flexibility index (Phi) is 6.68. The minimum absolute atomic E-state index is 0.0606. The quantitative estimate of drug-likeness (QED) is 0.671. The zero-order valence-corrected chi connectivity index (χ0v) is 12.3. The summed E-state index contributed by atoms with van der Waals surface area (Å²) >= 11 is 0. The highest BCUT2D eigenvalue weighted by Gasteiger charge is 2.27. The van der Waals surface area contributed by atoms with Crippen molar-refractivity contribution < 1.29 is 24.2 Å². The molecule has 0 aliphatic carbocycles. The van der Waals surface area contributed by atoms with Gasteiger partial charge in [0.2, 0.25) is 5.91 Å². The van der Waals surface area contributed by atoms with Gasteiger partial charge < -0.3 is 19.9 Å². The maximum Gasteiger partial charge on any atom is 0.310 e. The van der Waals surface area contributed by atoms with Crippen molar-refractivity contribution in [2.45, 2.75) is 13.8 Å². The van der Waals surface area contributed by atoms with Gasteiger partial charge in [0.25, 0.3) is 0 Å². The van der Waals surface area contributed by atoms with E-state index in [0.717, 1.165) is 5.75 Å². The normalized spacial score (nSPS) is 11.0. The number of amides is 1. The molecule has 0 atom stereocenters. The monoisotopic (exact) mass is 295 g/mol. The molecule has 0 radical (unpaired) electrons. The van der Waals surface area contributed by atoms with Crippen LogP contribution in [-0.2, 0) is 14.3 Å². The van der Waals surface area contributed by atoms with Gasteiger partial charge in [0, 0.05) is 6.54 Å². The van der Waals surface area contributed by atoms with Crippen molar-refractivity contribution in [2.24, 2.45) is 5.41 Å². The van der Waals surface area contributed by atoms with Crippen molar-refractivity contribution in [3.05, 3.63) is 30.3 Å². The molecule has 21 heavy (non-hydrogen) atoms. The molecule has 2 N–H and O–H groups in total. The van der Waals surface area contributed by atoms with E-state index in [4.69, 9.17) is 14.6 Å². The largest absolute Gasteiger partial charge is 0.491 e. The third kappa shape index (κ3) is 6.76. The van der Waals surface area contributed by atoms with Gasteiger partial charge in [-0.05, 0) is 26.0 Å². The zero-order chi connectivity index (χ0) is 15.7. The topological polar surface area (TPSA) is 84.9 Å². The third-order valence-electron chi connectivity index (χ3n) is 2.78. The van der Waals surface area contributed by atoms with Gasteiger partial charge in [0.1, 0.15) is 19.0 Å². The summed E-state index contributed by atoms with van der Waals surface area (Å²) in [6.07, 6.45) is 0. The standard InChI is InChI=1S/C15H21NO5/c1-15(2,14(18)19)11-16-13(17)10-20-8-9-21-12-6-4-3-5-7-12/h3-7H,8-11H2,1-2H3,(H,16,17)(H,18,19). The van der Waals surface area contributed by atoms with Gasteiger partial charge in [0.05, 0.1) is 12.0 Å². The average molecular weight is 295 g/mol. The number of carboxylic acid groups (broad SMARTS) is 1. The number of carbonyl (C=O) groups is 2. The first-order valence-corrected chi connectivity index (χ1v) is 6.67. The summed E-state index contributed by atoms with van der Waals surface area (Å²) < 4.78 is 10.6. The first kappa shape index (κ1) is 17.0. The molecular weight excluding hydrogens is 274 g/mol. The Bertz CT molecular complexity index is 458. The lowest BCUT2D eigenvalue weighted by molar-refractivity contribution is -0.146. The number of nitrogens with one attached hydrogen (secondary N) is 1. The van der Waals surface area contributed by atoms with Crippen molar-refractivity contribution in [3.63, 3.8) is 0 Å². The van der Waals surface area contributed by atoms with Crippen LogP contribution in [0.1, 0.15) is 13.8 Å². The average Bonchev–Trinajstić information content (AvgIpc) is 2.46. The Hall–Kier alpha value is -2.08. The Morgan fingerprint density at radius 2 is 1.86 bits per heavy atom. The number of carboxylic acids is 1. The van der Waals surface area contributed by atoms with E-state index >= 15 is 0 Å². The molecule has 0 aromatic heterocycles. The van der Waals surface area contributed by atoms with Crippen LogP contribution in [0.3, 0.4) is 0 Å². The van der Waals surface area contributed by atoms with Crippen LogP contribution in [-0.4, -0.2) is 43.3 Å². The number of para-hydroxylation sites is 1. The highest BCUT2D eigenvalue weighted by molar-refractivity contribution is 5.79. The molecule has 0 bridgehead atoms. The summed E-state index contributed by atoms with van der Waals surface area (Å²) in [4.78, 5) is 22.3. The van der Waals surface area contributed by atoms with Crippen LogP contribution in [0, 0.1) is 5.41 Å². The van der Waals surface area contributed by atoms with Crippen molar-refractivity contribution in [1.29, 1.82) is 0 Å². The molecule has 0 aliphatic heterocycles. The fraction of sp³-hybridized carbons (Fsp3) is 0.467. The summed E-state index contributed by atoms with van der Waals surface area (Å²) in [6, 6.07) is 9.30. The second-order valence-corrected chi connectivity index (χ2v) is 5.18. The predicted octanol–water partition coefficient (Wildman–Crippen LogP) is 1.31. The minimum atomic E-state index is -0.994. The zero-order valence-electron chi connectivity index (χ0n) is 12.3. The Morgan fingerprint density at radius 3 is 2.48 bits per heavy atom. The minimum Gasteiger partial charge on any atom is -0.491 e. The van der Waals surface area contributed by atoms with Gasteiger partial charge in [-0.1, -0.05) is 18.2 Å². The van der Waals surface area contributed by atoms with Crippen LogP contribution in [0.4, 0.5) is 0 Å². The molecule has 0 saturated heterocycles. The van der Waals surface area contributed by atoms with E-state index in [2.05, 4.69) is 5.32 Å². The van der Waals surface area contributed by atoms with E-state index in [1.165, 1.54) is 0 Å². The number of rotatable bonds is 9. The van der Waals surface area contributed by atoms with E-state index in [0.29, 0.717) is 6.61 Å². The maximum atomic E-state index is 11.5. The molecule has 116 valence electrons. The Labute approximate surface area is 124 Å². The smallest absolute Gasteiger partial charge is 0.310 e. The molecule has 6 heteroatoms. The second kappa shape index (κ2) is 8.26. The molecule has 1 aromatic rings. The fourth-order valence-electron chi connectivity index (χ4n) is 1.35. The number of ether oxygens (including phenoxy) is 2. The molecule has 0 heterocycles. The molecule has 0 saturated carbocycles. The van der Waals surface area contributed by atoms with Gasteiger partial charge in [0.15, 0.2) is 0 Å². The van der Waals surface area contributed by atoms with E-state index in [9.17, 15) is 9.59 Å². The first-order valence-electron chi connectivity index (χ1n) is 6.67. The number of carbonyl (C=O) groups excluding carboxylic acids is 1. The van der Waals surface area contributed by atoms with E-state index in [1.54, 1.807) is 13.8 Å². The predicted molar refractivity (Wildman–Crippen MR) is 77.2 cm³/mol. The van der Waals surface area contributed by atoms with Gasteiger partial charge >= 0.3 is 5.97 Å².